The number of halogens is 1. The van der Waals surface area contributed by atoms with E-state index >= 15 is 0 Å². The SMILES string of the molecule is COC(=O)c1sc(NC(C)(C)CC(N)=O)nc1Cl. The summed E-state index contributed by atoms with van der Waals surface area (Å²) in [4.78, 5) is 26.5. The van der Waals surface area contributed by atoms with Crippen molar-refractivity contribution >= 4 is 39.9 Å². The lowest BCUT2D eigenvalue weighted by Gasteiger charge is -2.23. The van der Waals surface area contributed by atoms with Gasteiger partial charge in [0.05, 0.1) is 7.11 Å². The van der Waals surface area contributed by atoms with Crippen molar-refractivity contribution < 1.29 is 14.3 Å². The topological polar surface area (TPSA) is 94.3 Å². The Bertz CT molecular complexity index is 473. The summed E-state index contributed by atoms with van der Waals surface area (Å²) in [5.41, 5.74) is 4.57. The number of ether oxygens (including phenoxy) is 1. The maximum atomic E-state index is 11.4. The highest BCUT2D eigenvalue weighted by atomic mass is 35.5. The van der Waals surface area contributed by atoms with Crippen molar-refractivity contribution in [2.24, 2.45) is 5.73 Å². The van der Waals surface area contributed by atoms with Gasteiger partial charge >= 0.3 is 5.97 Å². The van der Waals surface area contributed by atoms with Crippen molar-refractivity contribution in [3.05, 3.63) is 10.0 Å². The predicted octanol–water partition coefficient (Wildman–Crippen LogP) is 1.65. The fraction of sp³-hybridized carbons (Fsp3) is 0.500. The van der Waals surface area contributed by atoms with Crippen molar-refractivity contribution in [3.63, 3.8) is 0 Å². The van der Waals surface area contributed by atoms with E-state index in [0.717, 1.165) is 11.3 Å². The van der Waals surface area contributed by atoms with Crippen molar-refractivity contribution in [1.29, 1.82) is 0 Å². The number of carbonyl (C=O) groups is 2. The minimum absolute atomic E-state index is 0.0734. The fourth-order valence-electron chi connectivity index (χ4n) is 1.34. The largest absolute Gasteiger partial charge is 0.465 e. The first kappa shape index (κ1) is 14.7. The van der Waals surface area contributed by atoms with Gasteiger partial charge in [-0.3, -0.25) is 4.79 Å². The average molecular weight is 292 g/mol. The monoisotopic (exact) mass is 291 g/mol. The number of rotatable bonds is 5. The molecule has 6 nitrogen and oxygen atoms in total. The van der Waals surface area contributed by atoms with Crippen molar-refractivity contribution in [1.82, 2.24) is 4.98 Å². The van der Waals surface area contributed by atoms with Crippen LogP contribution in [-0.2, 0) is 9.53 Å². The summed E-state index contributed by atoms with van der Waals surface area (Å²) in [5, 5.41) is 3.51. The third-order valence-electron chi connectivity index (χ3n) is 2.02. The molecule has 0 radical (unpaired) electrons. The van der Waals surface area contributed by atoms with Gasteiger partial charge in [-0.15, -0.1) is 0 Å². The fourth-order valence-corrected chi connectivity index (χ4v) is 2.62. The van der Waals surface area contributed by atoms with Crippen molar-refractivity contribution in [3.8, 4) is 0 Å². The molecule has 0 bridgehead atoms. The molecular formula is C10H14ClN3O3S. The second-order valence-electron chi connectivity index (χ2n) is 4.28. The Hall–Kier alpha value is -1.34. The molecule has 0 fully saturated rings. The second kappa shape index (κ2) is 5.53. The van der Waals surface area contributed by atoms with Gasteiger partial charge in [0.25, 0.3) is 0 Å². The predicted molar refractivity (Wildman–Crippen MR) is 70.0 cm³/mol. The number of thiazole rings is 1. The first-order valence-electron chi connectivity index (χ1n) is 5.06. The molecule has 0 saturated carbocycles. The highest BCUT2D eigenvalue weighted by Crippen LogP contribution is 2.29. The number of nitrogens with two attached hydrogens (primary N) is 1. The lowest BCUT2D eigenvalue weighted by Crippen LogP contribution is -2.35. The van der Waals surface area contributed by atoms with Gasteiger partial charge in [0.1, 0.15) is 0 Å². The summed E-state index contributed by atoms with van der Waals surface area (Å²) in [5.74, 6) is -0.971. The molecule has 0 aliphatic rings. The van der Waals surface area contributed by atoms with Crippen LogP contribution in [0.2, 0.25) is 5.15 Å². The van der Waals surface area contributed by atoms with E-state index in [1.807, 2.05) is 0 Å². The Morgan fingerprint density at radius 3 is 2.67 bits per heavy atom. The number of hydrogen-bond donors (Lipinski definition) is 2. The number of anilines is 1. The average Bonchev–Trinajstić information content (AvgIpc) is 2.55. The number of hydrogen-bond acceptors (Lipinski definition) is 6. The quantitative estimate of drug-likeness (QED) is 0.804. The summed E-state index contributed by atoms with van der Waals surface area (Å²) >= 11 is 6.89. The molecule has 0 unspecified atom stereocenters. The van der Waals surface area contributed by atoms with Crippen LogP contribution >= 0.6 is 22.9 Å². The van der Waals surface area contributed by atoms with E-state index in [2.05, 4.69) is 15.0 Å². The first-order chi connectivity index (χ1) is 8.25. The summed E-state index contributed by atoms with van der Waals surface area (Å²) < 4.78 is 4.57. The van der Waals surface area contributed by atoms with Gasteiger partial charge in [-0.05, 0) is 13.8 Å². The Labute approximate surface area is 113 Å². The van der Waals surface area contributed by atoms with Crippen LogP contribution in [0, 0.1) is 0 Å². The van der Waals surface area contributed by atoms with E-state index in [1.165, 1.54) is 7.11 Å². The van der Waals surface area contributed by atoms with E-state index in [4.69, 9.17) is 17.3 Å². The van der Waals surface area contributed by atoms with Crippen LogP contribution in [-0.4, -0.2) is 29.5 Å². The van der Waals surface area contributed by atoms with Crippen LogP contribution in [0.25, 0.3) is 0 Å². The van der Waals surface area contributed by atoms with Gasteiger partial charge in [0, 0.05) is 12.0 Å². The zero-order chi connectivity index (χ0) is 13.9. The van der Waals surface area contributed by atoms with Crippen LogP contribution in [0.4, 0.5) is 5.13 Å². The molecule has 1 amide bonds. The molecule has 1 aromatic heterocycles. The number of aromatic nitrogens is 1. The molecule has 18 heavy (non-hydrogen) atoms. The van der Waals surface area contributed by atoms with Crippen molar-refractivity contribution in [2.75, 3.05) is 12.4 Å². The van der Waals surface area contributed by atoms with Gasteiger partial charge in [-0.2, -0.15) is 0 Å². The summed E-state index contributed by atoms with van der Waals surface area (Å²) in [6, 6.07) is 0. The van der Waals surface area contributed by atoms with Gasteiger partial charge < -0.3 is 15.8 Å². The molecule has 0 aliphatic carbocycles. The highest BCUT2D eigenvalue weighted by molar-refractivity contribution is 7.18. The van der Waals surface area contributed by atoms with Crippen LogP contribution < -0.4 is 11.1 Å². The maximum Gasteiger partial charge on any atom is 0.351 e. The first-order valence-corrected chi connectivity index (χ1v) is 6.26. The van der Waals surface area contributed by atoms with Crippen LogP contribution in [0.1, 0.15) is 29.9 Å². The molecule has 1 rings (SSSR count). The van der Waals surface area contributed by atoms with E-state index in [1.54, 1.807) is 13.8 Å². The highest BCUT2D eigenvalue weighted by Gasteiger charge is 2.24. The minimum Gasteiger partial charge on any atom is -0.465 e. The Balaban J connectivity index is 2.86. The number of methoxy groups -OCH3 is 1. The normalized spacial score (nSPS) is 11.1. The van der Waals surface area contributed by atoms with Gasteiger partial charge in [-0.1, -0.05) is 22.9 Å². The molecule has 3 N–H and O–H groups in total. The zero-order valence-corrected chi connectivity index (χ0v) is 11.8. The Morgan fingerprint density at radius 2 is 2.17 bits per heavy atom. The Morgan fingerprint density at radius 1 is 1.56 bits per heavy atom. The minimum atomic E-state index is -0.569. The number of esters is 1. The molecule has 8 heteroatoms. The zero-order valence-electron chi connectivity index (χ0n) is 10.2. The van der Waals surface area contributed by atoms with Crippen molar-refractivity contribution in [2.45, 2.75) is 25.8 Å². The summed E-state index contributed by atoms with van der Waals surface area (Å²) in [7, 11) is 1.27. The van der Waals surface area contributed by atoms with E-state index in [-0.39, 0.29) is 16.5 Å². The molecule has 0 atom stereocenters. The van der Waals surface area contributed by atoms with Gasteiger partial charge in [0.2, 0.25) is 5.91 Å². The third kappa shape index (κ3) is 3.85. The smallest absolute Gasteiger partial charge is 0.351 e. The molecule has 100 valence electrons. The molecule has 1 heterocycles. The van der Waals surface area contributed by atoms with Gasteiger partial charge in [0.15, 0.2) is 15.2 Å². The molecule has 0 aliphatic heterocycles. The molecule has 1 aromatic rings. The van der Waals surface area contributed by atoms with E-state index < -0.39 is 17.4 Å². The molecule has 0 saturated heterocycles. The van der Waals surface area contributed by atoms with E-state index in [0.29, 0.717) is 5.13 Å². The number of nitrogens with zero attached hydrogens (tertiary/aromatic N) is 1. The standard InChI is InChI=1S/C10H14ClN3O3S/c1-10(2,4-5(12)15)14-9-13-7(11)6(18-9)8(16)17-3/h4H2,1-3H3,(H2,12,15)(H,13,14). The Kier molecular flexibility index (Phi) is 4.53. The molecule has 0 aromatic carbocycles. The second-order valence-corrected chi connectivity index (χ2v) is 5.64. The van der Waals surface area contributed by atoms with Crippen LogP contribution in [0.5, 0.6) is 0 Å². The number of nitrogens with one attached hydrogen (secondary N) is 1. The molecule has 0 spiro atoms. The summed E-state index contributed by atoms with van der Waals surface area (Å²) in [6.45, 7) is 3.59. The number of primary amides is 1. The van der Waals surface area contributed by atoms with Crippen LogP contribution in [0.3, 0.4) is 0 Å². The molecular weight excluding hydrogens is 278 g/mol. The van der Waals surface area contributed by atoms with Crippen LogP contribution in [0.15, 0.2) is 0 Å². The number of carbonyl (C=O) groups excluding carboxylic acids is 2. The lowest BCUT2D eigenvalue weighted by molar-refractivity contribution is -0.118. The lowest BCUT2D eigenvalue weighted by atomic mass is 10.0. The number of amides is 1. The third-order valence-corrected chi connectivity index (χ3v) is 3.35. The summed E-state index contributed by atoms with van der Waals surface area (Å²) in [6.07, 6.45) is 0.137. The maximum absolute atomic E-state index is 11.4. The van der Waals surface area contributed by atoms with Gasteiger partial charge in [-0.25, -0.2) is 9.78 Å². The van der Waals surface area contributed by atoms with E-state index in [9.17, 15) is 9.59 Å².